The van der Waals surface area contributed by atoms with Crippen molar-refractivity contribution in [1.29, 1.82) is 0 Å². The van der Waals surface area contributed by atoms with Gasteiger partial charge in [0.1, 0.15) is 0 Å². The number of hydrogen-bond donors (Lipinski definition) is 3. The van der Waals surface area contributed by atoms with Gasteiger partial charge >= 0.3 is 110 Å². The van der Waals surface area contributed by atoms with Gasteiger partial charge in [-0.1, -0.05) is 0 Å². The summed E-state index contributed by atoms with van der Waals surface area (Å²) in [6.07, 6.45) is 0. The first-order chi connectivity index (χ1) is 1.73. The fourth-order valence-electron chi connectivity index (χ4n) is 0. The molecule has 0 saturated heterocycles. The van der Waals surface area contributed by atoms with Gasteiger partial charge in [-0.15, -0.1) is 0 Å². The van der Waals surface area contributed by atoms with E-state index in [4.69, 9.17) is 15.1 Å². The predicted molar refractivity (Wildman–Crippen MR) is 26.7 cm³/mol. The van der Waals surface area contributed by atoms with E-state index in [9.17, 15) is 0 Å². The summed E-state index contributed by atoms with van der Waals surface area (Å²) >= 11 is 0. The molecular formula is H5BK2O3. The van der Waals surface area contributed by atoms with E-state index in [1.165, 1.54) is 0 Å². The molecule has 3 N–H and O–H groups in total. The predicted octanol–water partition coefficient (Wildman–Crippen LogP) is -3.35. The van der Waals surface area contributed by atoms with Gasteiger partial charge in [0.15, 0.2) is 0 Å². The van der Waals surface area contributed by atoms with E-state index >= 15 is 0 Å². The van der Waals surface area contributed by atoms with Crippen molar-refractivity contribution in [3.8, 4) is 0 Å². The molecule has 0 amide bonds. The minimum absolute atomic E-state index is 0. The van der Waals surface area contributed by atoms with Crippen LogP contribution in [0.15, 0.2) is 0 Å². The van der Waals surface area contributed by atoms with Gasteiger partial charge in [0.05, 0.1) is 0 Å². The summed E-state index contributed by atoms with van der Waals surface area (Å²) in [5, 5.41) is 21.5. The molecule has 0 fully saturated rings. The van der Waals surface area contributed by atoms with E-state index in [1.807, 2.05) is 0 Å². The molecule has 0 atom stereocenters. The molecule has 0 aromatic carbocycles. The van der Waals surface area contributed by atoms with Gasteiger partial charge in [0.2, 0.25) is 0 Å². The van der Waals surface area contributed by atoms with E-state index in [0.29, 0.717) is 0 Å². The third-order valence-electron chi connectivity index (χ3n) is 0. The maximum absolute atomic E-state index is 7.17. The molecule has 0 radical (unpaired) electrons. The van der Waals surface area contributed by atoms with Gasteiger partial charge in [-0.2, -0.15) is 0 Å². The van der Waals surface area contributed by atoms with Crippen molar-refractivity contribution in [3.63, 3.8) is 0 Å². The van der Waals surface area contributed by atoms with Crippen LogP contribution in [0.25, 0.3) is 0 Å². The Bertz CT molecular complexity index is 13.5. The second-order valence-electron chi connectivity index (χ2n) is 0.346. The fourth-order valence-corrected chi connectivity index (χ4v) is 0. The van der Waals surface area contributed by atoms with E-state index in [0.717, 1.165) is 0 Å². The molecule has 0 heterocycles. The molecule has 0 spiro atoms. The molecule has 6 heavy (non-hydrogen) atoms. The maximum atomic E-state index is 7.17. The first-order valence-corrected chi connectivity index (χ1v) is 0.775. The normalized spacial score (nSPS) is 4.50. The summed E-state index contributed by atoms with van der Waals surface area (Å²) in [7, 11) is -2.17. The minimum atomic E-state index is -2.17. The molecule has 6 heteroatoms. The first-order valence-electron chi connectivity index (χ1n) is 0.775. The Kier molecular flexibility index (Phi) is 29.7. The zero-order valence-corrected chi connectivity index (χ0v) is 1.92. The summed E-state index contributed by atoms with van der Waals surface area (Å²) in [5.74, 6) is 0. The van der Waals surface area contributed by atoms with Crippen LogP contribution in [-0.2, 0) is 0 Å². The van der Waals surface area contributed by atoms with Crippen LogP contribution >= 0.6 is 0 Å². The van der Waals surface area contributed by atoms with Crippen LogP contribution in [0.3, 0.4) is 0 Å². The van der Waals surface area contributed by atoms with Crippen LogP contribution in [0.4, 0.5) is 0 Å². The van der Waals surface area contributed by atoms with Gasteiger partial charge < -0.3 is 15.1 Å². The van der Waals surface area contributed by atoms with Gasteiger partial charge in [-0.05, 0) is 0 Å². The average molecular weight is 142 g/mol. The van der Waals surface area contributed by atoms with Crippen molar-refractivity contribution in [3.05, 3.63) is 0 Å². The van der Waals surface area contributed by atoms with Crippen molar-refractivity contribution >= 4 is 110 Å². The zero-order valence-electron chi connectivity index (χ0n) is 1.92. The van der Waals surface area contributed by atoms with E-state index in [1.54, 1.807) is 0 Å². The SMILES string of the molecule is OB(O)O.[KH].[KH]. The Morgan fingerprint density at radius 3 is 0.833 bits per heavy atom. The van der Waals surface area contributed by atoms with Crippen molar-refractivity contribution in [2.24, 2.45) is 0 Å². The van der Waals surface area contributed by atoms with Crippen LogP contribution in [-0.4, -0.2) is 125 Å². The molecule has 0 unspecified atom stereocenters. The summed E-state index contributed by atoms with van der Waals surface area (Å²) < 4.78 is 0. The van der Waals surface area contributed by atoms with Gasteiger partial charge in [-0.3, -0.25) is 0 Å². The summed E-state index contributed by atoms with van der Waals surface area (Å²) in [5.41, 5.74) is 0. The van der Waals surface area contributed by atoms with Crippen LogP contribution < -0.4 is 0 Å². The molecule has 0 rings (SSSR count). The fraction of sp³-hybridized carbons (Fsp3) is 0. The Morgan fingerprint density at radius 2 is 0.833 bits per heavy atom. The van der Waals surface area contributed by atoms with Gasteiger partial charge in [0, 0.05) is 0 Å². The Morgan fingerprint density at radius 1 is 0.833 bits per heavy atom. The molecule has 0 aromatic rings. The van der Waals surface area contributed by atoms with Gasteiger partial charge in [0.25, 0.3) is 0 Å². The quantitative estimate of drug-likeness (QED) is 0.310. The Hall–Kier alpha value is 3.22. The molecule has 0 aliphatic rings. The van der Waals surface area contributed by atoms with Crippen molar-refractivity contribution in [1.82, 2.24) is 0 Å². The molecule has 0 aromatic heterocycles. The second-order valence-corrected chi connectivity index (χ2v) is 0.346. The van der Waals surface area contributed by atoms with Crippen LogP contribution in [0.5, 0.6) is 0 Å². The standard InChI is InChI=1S/BH3O3.2K.2H/c2-1(3)4;;;;/h2-4H;;;;. The molecule has 28 valence electrons. The van der Waals surface area contributed by atoms with Crippen LogP contribution in [0.1, 0.15) is 0 Å². The van der Waals surface area contributed by atoms with E-state index in [2.05, 4.69) is 0 Å². The second kappa shape index (κ2) is 11.1. The molecule has 3 nitrogen and oxygen atoms in total. The van der Waals surface area contributed by atoms with Crippen molar-refractivity contribution in [2.45, 2.75) is 0 Å². The van der Waals surface area contributed by atoms with Gasteiger partial charge in [-0.25, -0.2) is 0 Å². The summed E-state index contributed by atoms with van der Waals surface area (Å²) in [4.78, 5) is 0. The molecule has 0 bridgehead atoms. The monoisotopic (exact) mass is 142 g/mol. The number of hydrogen-bond acceptors (Lipinski definition) is 3. The zero-order chi connectivity index (χ0) is 3.58. The molecule has 0 aliphatic carbocycles. The molecular weight excluding hydrogens is 137 g/mol. The summed E-state index contributed by atoms with van der Waals surface area (Å²) in [6, 6.07) is 0. The van der Waals surface area contributed by atoms with Crippen molar-refractivity contribution < 1.29 is 15.1 Å². The third kappa shape index (κ3) is 27.0. The van der Waals surface area contributed by atoms with Crippen LogP contribution in [0, 0.1) is 0 Å². The molecule has 0 saturated carbocycles. The average Bonchev–Trinajstić information content (AvgIpc) is 0.811. The van der Waals surface area contributed by atoms with Crippen molar-refractivity contribution in [2.75, 3.05) is 0 Å². The van der Waals surface area contributed by atoms with Crippen LogP contribution in [0.2, 0.25) is 0 Å². The number of rotatable bonds is 0. The Balaban J connectivity index is -0.0000000450. The topological polar surface area (TPSA) is 60.7 Å². The van der Waals surface area contributed by atoms with E-state index < -0.39 is 7.32 Å². The first kappa shape index (κ1) is 16.1. The molecule has 0 aliphatic heterocycles. The summed E-state index contributed by atoms with van der Waals surface area (Å²) in [6.45, 7) is 0. The third-order valence-corrected chi connectivity index (χ3v) is 0. The van der Waals surface area contributed by atoms with E-state index in [-0.39, 0.29) is 103 Å². The Labute approximate surface area is 122 Å².